The molecule has 1 aromatic carbocycles. The van der Waals surface area contributed by atoms with Crippen LogP contribution in [0.3, 0.4) is 0 Å². The number of aryl methyl sites for hydroxylation is 2. The summed E-state index contributed by atoms with van der Waals surface area (Å²) in [6.45, 7) is 8.28. The maximum absolute atomic E-state index is 5.83. The van der Waals surface area contributed by atoms with Crippen LogP contribution in [0.2, 0.25) is 0 Å². The average molecular weight is 263 g/mol. The lowest BCUT2D eigenvalue weighted by Gasteiger charge is -2.08. The highest BCUT2D eigenvalue weighted by molar-refractivity contribution is 5.92. The maximum Gasteiger partial charge on any atom is 0.193 e. The van der Waals surface area contributed by atoms with Gasteiger partial charge in [-0.3, -0.25) is 4.99 Å². The van der Waals surface area contributed by atoms with E-state index in [4.69, 9.17) is 10.5 Å². The minimum absolute atomic E-state index is 0.434. The van der Waals surface area contributed by atoms with Crippen LogP contribution in [0.1, 0.15) is 30.9 Å². The Bertz CT molecular complexity index is 396. The fourth-order valence-electron chi connectivity index (χ4n) is 1.81. The van der Waals surface area contributed by atoms with Crippen LogP contribution in [0, 0.1) is 13.8 Å². The van der Waals surface area contributed by atoms with E-state index in [1.54, 1.807) is 0 Å². The van der Waals surface area contributed by atoms with E-state index in [2.05, 4.69) is 37.1 Å². The smallest absolute Gasteiger partial charge is 0.193 e. The van der Waals surface area contributed by atoms with Crippen molar-refractivity contribution in [3.8, 4) is 0 Å². The third-order valence-corrected chi connectivity index (χ3v) is 2.65. The quantitative estimate of drug-likeness (QED) is 0.452. The molecule has 0 heterocycles. The second-order valence-corrected chi connectivity index (χ2v) is 4.73. The van der Waals surface area contributed by atoms with Gasteiger partial charge in [0.2, 0.25) is 0 Å². The van der Waals surface area contributed by atoms with Crippen molar-refractivity contribution >= 4 is 11.6 Å². The van der Waals surface area contributed by atoms with Crippen molar-refractivity contribution in [3.05, 3.63) is 29.3 Å². The lowest BCUT2D eigenvalue weighted by atomic mass is 10.1. The lowest BCUT2D eigenvalue weighted by molar-refractivity contribution is 0.139. The molecule has 0 aromatic heterocycles. The highest BCUT2D eigenvalue weighted by Gasteiger charge is 1.97. The summed E-state index contributed by atoms with van der Waals surface area (Å²) >= 11 is 0. The van der Waals surface area contributed by atoms with E-state index >= 15 is 0 Å². The van der Waals surface area contributed by atoms with Gasteiger partial charge in [-0.1, -0.05) is 19.4 Å². The lowest BCUT2D eigenvalue weighted by Crippen LogP contribution is -2.23. The van der Waals surface area contributed by atoms with E-state index in [-0.39, 0.29) is 0 Å². The average Bonchev–Trinajstić information content (AvgIpc) is 2.32. The van der Waals surface area contributed by atoms with E-state index in [9.17, 15) is 0 Å². The number of unbranched alkanes of at least 4 members (excludes halogenated alkanes) is 1. The molecule has 0 aliphatic heterocycles. The molecule has 0 unspecified atom stereocenters. The molecule has 4 nitrogen and oxygen atoms in total. The van der Waals surface area contributed by atoms with Gasteiger partial charge in [-0.15, -0.1) is 0 Å². The van der Waals surface area contributed by atoms with Crippen molar-refractivity contribution in [2.45, 2.75) is 33.6 Å². The molecule has 0 aliphatic rings. The summed E-state index contributed by atoms with van der Waals surface area (Å²) < 4.78 is 5.42. The normalized spacial score (nSPS) is 11.6. The van der Waals surface area contributed by atoms with Crippen molar-refractivity contribution in [2.75, 3.05) is 25.1 Å². The second-order valence-electron chi connectivity index (χ2n) is 4.73. The zero-order valence-corrected chi connectivity index (χ0v) is 12.2. The molecular weight excluding hydrogens is 238 g/mol. The van der Waals surface area contributed by atoms with Gasteiger partial charge in [0.1, 0.15) is 0 Å². The predicted molar refractivity (Wildman–Crippen MR) is 81.8 cm³/mol. The number of nitrogens with two attached hydrogens (primary N) is 1. The zero-order valence-electron chi connectivity index (χ0n) is 12.2. The number of nitrogens with one attached hydrogen (secondary N) is 1. The van der Waals surface area contributed by atoms with Crippen molar-refractivity contribution in [2.24, 2.45) is 10.7 Å². The third-order valence-electron chi connectivity index (χ3n) is 2.65. The molecule has 0 atom stereocenters. The molecule has 3 N–H and O–H groups in total. The Morgan fingerprint density at radius 2 is 1.89 bits per heavy atom. The number of guanidine groups is 1. The molecule has 0 radical (unpaired) electrons. The number of ether oxygens (including phenoxy) is 1. The Kier molecular flexibility index (Phi) is 6.97. The van der Waals surface area contributed by atoms with E-state index in [0.29, 0.717) is 19.1 Å². The largest absolute Gasteiger partial charge is 0.380 e. The van der Waals surface area contributed by atoms with E-state index in [1.165, 1.54) is 11.1 Å². The molecule has 0 fully saturated rings. The van der Waals surface area contributed by atoms with Gasteiger partial charge in [0, 0.05) is 12.3 Å². The first-order valence-electron chi connectivity index (χ1n) is 6.85. The molecule has 1 aromatic rings. The molecule has 0 saturated carbocycles. The van der Waals surface area contributed by atoms with Gasteiger partial charge in [-0.2, -0.15) is 0 Å². The Hall–Kier alpha value is -1.55. The molecule has 0 aliphatic carbocycles. The number of hydrogen-bond acceptors (Lipinski definition) is 2. The van der Waals surface area contributed by atoms with Gasteiger partial charge in [0.15, 0.2) is 5.96 Å². The van der Waals surface area contributed by atoms with Crippen LogP contribution in [0.15, 0.2) is 23.2 Å². The predicted octanol–water partition coefficient (Wildman–Crippen LogP) is 2.85. The SMILES string of the molecule is CCCCOCCN=C(N)Nc1cc(C)cc(C)c1. The van der Waals surface area contributed by atoms with Crippen molar-refractivity contribution in [1.82, 2.24) is 0 Å². The number of aliphatic imine (C=N–C) groups is 1. The second kappa shape index (κ2) is 8.53. The zero-order chi connectivity index (χ0) is 14.1. The van der Waals surface area contributed by atoms with Crippen LogP contribution >= 0.6 is 0 Å². The number of benzene rings is 1. The molecule has 106 valence electrons. The van der Waals surface area contributed by atoms with Crippen LogP contribution in [0.5, 0.6) is 0 Å². The summed E-state index contributed by atoms with van der Waals surface area (Å²) in [7, 11) is 0. The first kappa shape index (κ1) is 15.5. The molecule has 0 amide bonds. The van der Waals surface area contributed by atoms with Crippen LogP contribution in [0.25, 0.3) is 0 Å². The standard InChI is InChI=1S/C15H25N3O/c1-4-5-7-19-8-6-17-15(16)18-14-10-12(2)9-13(3)11-14/h9-11H,4-8H2,1-3H3,(H3,16,17,18). The summed E-state index contributed by atoms with van der Waals surface area (Å²) in [6, 6.07) is 6.22. The van der Waals surface area contributed by atoms with Crippen molar-refractivity contribution < 1.29 is 4.74 Å². The fourth-order valence-corrected chi connectivity index (χ4v) is 1.81. The van der Waals surface area contributed by atoms with E-state index in [0.717, 1.165) is 25.1 Å². The molecule has 4 heteroatoms. The first-order valence-corrected chi connectivity index (χ1v) is 6.85. The minimum Gasteiger partial charge on any atom is -0.380 e. The highest BCUT2D eigenvalue weighted by Crippen LogP contribution is 2.13. The first-order chi connectivity index (χ1) is 9.11. The number of hydrogen-bond donors (Lipinski definition) is 2. The van der Waals surface area contributed by atoms with Gasteiger partial charge < -0.3 is 15.8 Å². The van der Waals surface area contributed by atoms with Crippen LogP contribution < -0.4 is 11.1 Å². The molecular formula is C15H25N3O. The van der Waals surface area contributed by atoms with Gasteiger partial charge >= 0.3 is 0 Å². The summed E-state index contributed by atoms with van der Waals surface area (Å²) in [5.41, 5.74) is 9.22. The molecule has 1 rings (SSSR count). The highest BCUT2D eigenvalue weighted by atomic mass is 16.5. The third kappa shape index (κ3) is 6.82. The molecule has 0 saturated heterocycles. The number of anilines is 1. The topological polar surface area (TPSA) is 59.6 Å². The van der Waals surface area contributed by atoms with Crippen LogP contribution in [0.4, 0.5) is 5.69 Å². The fraction of sp³-hybridized carbons (Fsp3) is 0.533. The van der Waals surface area contributed by atoms with Crippen LogP contribution in [-0.4, -0.2) is 25.7 Å². The maximum atomic E-state index is 5.83. The summed E-state index contributed by atoms with van der Waals surface area (Å²) in [5.74, 6) is 0.434. The van der Waals surface area contributed by atoms with Gasteiger partial charge in [-0.25, -0.2) is 0 Å². The van der Waals surface area contributed by atoms with Gasteiger partial charge in [0.25, 0.3) is 0 Å². The molecule has 19 heavy (non-hydrogen) atoms. The van der Waals surface area contributed by atoms with Crippen LogP contribution in [-0.2, 0) is 4.74 Å². The minimum atomic E-state index is 0.434. The summed E-state index contributed by atoms with van der Waals surface area (Å²) in [6.07, 6.45) is 2.25. The van der Waals surface area contributed by atoms with E-state index < -0.39 is 0 Å². The van der Waals surface area contributed by atoms with E-state index in [1.807, 2.05) is 12.1 Å². The Morgan fingerprint density at radius 1 is 1.21 bits per heavy atom. The van der Waals surface area contributed by atoms with Crippen molar-refractivity contribution in [3.63, 3.8) is 0 Å². The number of nitrogens with zero attached hydrogens (tertiary/aromatic N) is 1. The van der Waals surface area contributed by atoms with Crippen molar-refractivity contribution in [1.29, 1.82) is 0 Å². The summed E-state index contributed by atoms with van der Waals surface area (Å²) in [5, 5.41) is 3.10. The molecule has 0 spiro atoms. The molecule has 0 bridgehead atoms. The Morgan fingerprint density at radius 3 is 2.53 bits per heavy atom. The Labute approximate surface area is 116 Å². The Balaban J connectivity index is 2.34. The monoisotopic (exact) mass is 263 g/mol. The number of rotatable bonds is 7. The van der Waals surface area contributed by atoms with Gasteiger partial charge in [-0.05, 0) is 43.5 Å². The summed E-state index contributed by atoms with van der Waals surface area (Å²) in [4.78, 5) is 4.23. The van der Waals surface area contributed by atoms with Gasteiger partial charge in [0.05, 0.1) is 13.2 Å².